The van der Waals surface area contributed by atoms with Gasteiger partial charge in [0.05, 0.1) is 10.6 Å². The number of aliphatic imine (C=N–C) groups is 1. The molecule has 1 aromatic rings. The molecule has 1 heterocycles. The van der Waals surface area contributed by atoms with Crippen molar-refractivity contribution in [2.75, 3.05) is 12.3 Å². The SMILES string of the molecule is Nc1cc(Cl)c(C2=CC=NCC2)c(C(F)(F)F)c1. The molecule has 0 aliphatic carbocycles. The van der Waals surface area contributed by atoms with Crippen LogP contribution >= 0.6 is 11.6 Å². The second-order valence-corrected chi connectivity index (χ2v) is 4.33. The quantitative estimate of drug-likeness (QED) is 0.777. The first-order valence-electron chi connectivity index (χ1n) is 5.25. The zero-order valence-corrected chi connectivity index (χ0v) is 10.0. The molecule has 1 aromatic carbocycles. The van der Waals surface area contributed by atoms with Crippen molar-refractivity contribution in [1.82, 2.24) is 0 Å². The average molecular weight is 275 g/mol. The molecule has 2 N–H and O–H groups in total. The second-order valence-electron chi connectivity index (χ2n) is 3.92. The molecule has 1 aliphatic rings. The van der Waals surface area contributed by atoms with Gasteiger partial charge in [0.1, 0.15) is 0 Å². The topological polar surface area (TPSA) is 38.4 Å². The second kappa shape index (κ2) is 4.65. The van der Waals surface area contributed by atoms with Crippen LogP contribution in [0, 0.1) is 0 Å². The number of nitrogen functional groups attached to an aromatic ring is 1. The van der Waals surface area contributed by atoms with Crippen molar-refractivity contribution in [3.63, 3.8) is 0 Å². The lowest BCUT2D eigenvalue weighted by atomic mass is 9.95. The van der Waals surface area contributed by atoms with E-state index in [-0.39, 0.29) is 16.3 Å². The molecule has 0 bridgehead atoms. The van der Waals surface area contributed by atoms with Gasteiger partial charge in [0.25, 0.3) is 0 Å². The molecule has 0 amide bonds. The fourth-order valence-corrected chi connectivity index (χ4v) is 2.22. The van der Waals surface area contributed by atoms with E-state index < -0.39 is 11.7 Å². The van der Waals surface area contributed by atoms with E-state index in [4.69, 9.17) is 17.3 Å². The molecule has 0 atom stereocenters. The molecule has 0 radical (unpaired) electrons. The number of rotatable bonds is 1. The van der Waals surface area contributed by atoms with Gasteiger partial charge in [0, 0.05) is 24.0 Å². The molecule has 6 heteroatoms. The molecule has 2 nitrogen and oxygen atoms in total. The number of allylic oxidation sites excluding steroid dienone is 1. The monoisotopic (exact) mass is 274 g/mol. The number of hydrogen-bond acceptors (Lipinski definition) is 2. The highest BCUT2D eigenvalue weighted by Crippen LogP contribution is 2.41. The molecular formula is C12H10ClF3N2. The summed E-state index contributed by atoms with van der Waals surface area (Å²) in [6.07, 6.45) is -1.01. The fourth-order valence-electron chi connectivity index (χ4n) is 1.87. The highest BCUT2D eigenvalue weighted by atomic mass is 35.5. The molecule has 96 valence electrons. The Balaban J connectivity index is 2.65. The molecule has 0 saturated carbocycles. The van der Waals surface area contributed by atoms with Crippen molar-refractivity contribution in [2.24, 2.45) is 4.99 Å². The van der Waals surface area contributed by atoms with Crippen LogP contribution in [0.25, 0.3) is 5.57 Å². The molecule has 0 fully saturated rings. The highest BCUT2D eigenvalue weighted by molar-refractivity contribution is 6.33. The zero-order chi connectivity index (χ0) is 13.3. The maximum absolute atomic E-state index is 13.0. The van der Waals surface area contributed by atoms with Gasteiger partial charge in [-0.15, -0.1) is 0 Å². The molecular weight excluding hydrogens is 265 g/mol. The lowest BCUT2D eigenvalue weighted by Crippen LogP contribution is -2.11. The Kier molecular flexibility index (Phi) is 3.34. The van der Waals surface area contributed by atoms with Gasteiger partial charge in [-0.2, -0.15) is 13.2 Å². The summed E-state index contributed by atoms with van der Waals surface area (Å²) < 4.78 is 39.0. The van der Waals surface area contributed by atoms with Gasteiger partial charge in [-0.3, -0.25) is 4.99 Å². The minimum absolute atomic E-state index is 0.00107. The molecule has 0 unspecified atom stereocenters. The minimum Gasteiger partial charge on any atom is -0.399 e. The number of nitrogens with two attached hydrogens (primary N) is 1. The van der Waals surface area contributed by atoms with E-state index in [0.29, 0.717) is 18.5 Å². The summed E-state index contributed by atoms with van der Waals surface area (Å²) in [5.41, 5.74) is 5.16. The van der Waals surface area contributed by atoms with Crippen LogP contribution in [0.1, 0.15) is 17.5 Å². The maximum atomic E-state index is 13.0. The Morgan fingerprint density at radius 2 is 2.00 bits per heavy atom. The largest absolute Gasteiger partial charge is 0.417 e. The Morgan fingerprint density at radius 1 is 1.28 bits per heavy atom. The summed E-state index contributed by atoms with van der Waals surface area (Å²) >= 11 is 5.91. The van der Waals surface area contributed by atoms with Crippen LogP contribution in [0.3, 0.4) is 0 Å². The van der Waals surface area contributed by atoms with E-state index >= 15 is 0 Å². The van der Waals surface area contributed by atoms with E-state index in [9.17, 15) is 13.2 Å². The van der Waals surface area contributed by atoms with Crippen molar-refractivity contribution in [3.8, 4) is 0 Å². The standard InChI is InChI=1S/C12H10ClF3N2/c13-10-6-8(17)5-9(12(14,15)16)11(10)7-1-3-18-4-2-7/h1,3,5-6H,2,4,17H2. The predicted octanol–water partition coefficient (Wildman–Crippen LogP) is 3.80. The third-order valence-corrected chi connectivity index (χ3v) is 2.93. The van der Waals surface area contributed by atoms with Gasteiger partial charge in [-0.25, -0.2) is 0 Å². The third kappa shape index (κ3) is 2.51. The predicted molar refractivity (Wildman–Crippen MR) is 66.8 cm³/mol. The van der Waals surface area contributed by atoms with Gasteiger partial charge in [0.2, 0.25) is 0 Å². The van der Waals surface area contributed by atoms with Crippen molar-refractivity contribution in [2.45, 2.75) is 12.6 Å². The van der Waals surface area contributed by atoms with Crippen LogP contribution < -0.4 is 5.73 Å². The van der Waals surface area contributed by atoms with Crippen LogP contribution in [-0.2, 0) is 6.18 Å². The average Bonchev–Trinajstić information content (AvgIpc) is 2.28. The Hall–Kier alpha value is -1.49. The lowest BCUT2D eigenvalue weighted by molar-refractivity contribution is -0.137. The first-order chi connectivity index (χ1) is 8.39. The van der Waals surface area contributed by atoms with Gasteiger partial charge in [-0.05, 0) is 30.2 Å². The van der Waals surface area contributed by atoms with Gasteiger partial charge in [0.15, 0.2) is 0 Å². The summed E-state index contributed by atoms with van der Waals surface area (Å²) in [6.45, 7) is 0.462. The molecule has 2 rings (SSSR count). The number of anilines is 1. The van der Waals surface area contributed by atoms with E-state index in [1.165, 1.54) is 12.3 Å². The molecule has 0 saturated heterocycles. The minimum atomic E-state index is -4.48. The Bertz CT molecular complexity index is 533. The number of dihydropyridines is 1. The van der Waals surface area contributed by atoms with Crippen molar-refractivity contribution < 1.29 is 13.2 Å². The molecule has 18 heavy (non-hydrogen) atoms. The third-order valence-electron chi connectivity index (χ3n) is 2.63. The van der Waals surface area contributed by atoms with Gasteiger partial charge >= 0.3 is 6.18 Å². The number of hydrogen-bond donors (Lipinski definition) is 1. The normalized spacial score (nSPS) is 15.7. The number of nitrogens with zero attached hydrogens (tertiary/aromatic N) is 1. The van der Waals surface area contributed by atoms with Crippen LogP contribution in [-0.4, -0.2) is 12.8 Å². The number of halogens is 4. The first-order valence-corrected chi connectivity index (χ1v) is 5.63. The lowest BCUT2D eigenvalue weighted by Gasteiger charge is -2.18. The Labute approximate surface area is 107 Å². The summed E-state index contributed by atoms with van der Waals surface area (Å²) in [4.78, 5) is 3.94. The van der Waals surface area contributed by atoms with E-state index in [0.717, 1.165) is 6.07 Å². The van der Waals surface area contributed by atoms with Crippen molar-refractivity contribution in [1.29, 1.82) is 0 Å². The fraction of sp³-hybridized carbons (Fsp3) is 0.250. The van der Waals surface area contributed by atoms with Crippen molar-refractivity contribution >= 4 is 29.1 Å². The van der Waals surface area contributed by atoms with Crippen LogP contribution in [0.2, 0.25) is 5.02 Å². The molecule has 0 spiro atoms. The number of benzene rings is 1. The Morgan fingerprint density at radius 3 is 2.56 bits per heavy atom. The summed E-state index contributed by atoms with van der Waals surface area (Å²) in [7, 11) is 0. The van der Waals surface area contributed by atoms with Crippen LogP contribution in [0.4, 0.5) is 18.9 Å². The summed E-state index contributed by atoms with van der Waals surface area (Å²) in [5.74, 6) is 0. The van der Waals surface area contributed by atoms with E-state index in [1.807, 2.05) is 0 Å². The summed E-state index contributed by atoms with van der Waals surface area (Å²) in [5, 5.41) is 0.0175. The zero-order valence-electron chi connectivity index (χ0n) is 9.26. The van der Waals surface area contributed by atoms with E-state index in [1.54, 1.807) is 6.08 Å². The number of alkyl halides is 3. The van der Waals surface area contributed by atoms with Crippen LogP contribution in [0.5, 0.6) is 0 Å². The molecule has 0 aromatic heterocycles. The van der Waals surface area contributed by atoms with Gasteiger partial charge in [-0.1, -0.05) is 11.6 Å². The molecule has 1 aliphatic heterocycles. The maximum Gasteiger partial charge on any atom is 0.417 e. The first kappa shape index (κ1) is 13.0. The van der Waals surface area contributed by atoms with Crippen LogP contribution in [0.15, 0.2) is 23.2 Å². The van der Waals surface area contributed by atoms with Gasteiger partial charge < -0.3 is 5.73 Å². The summed E-state index contributed by atoms with van der Waals surface area (Å²) in [6, 6.07) is 2.24. The highest BCUT2D eigenvalue weighted by Gasteiger charge is 2.35. The van der Waals surface area contributed by atoms with E-state index in [2.05, 4.69) is 4.99 Å². The van der Waals surface area contributed by atoms with Crippen molar-refractivity contribution in [3.05, 3.63) is 34.4 Å². The smallest absolute Gasteiger partial charge is 0.399 e.